The Morgan fingerprint density at radius 1 is 1.55 bits per heavy atom. The molecule has 3 heteroatoms. The minimum atomic E-state index is 0.103. The van der Waals surface area contributed by atoms with Gasteiger partial charge in [0.2, 0.25) is 0 Å². The van der Waals surface area contributed by atoms with Crippen molar-refractivity contribution in [1.82, 2.24) is 0 Å². The molecule has 0 aliphatic carbocycles. The first-order valence-corrected chi connectivity index (χ1v) is 4.01. The van der Waals surface area contributed by atoms with Gasteiger partial charge >= 0.3 is 0 Å². The van der Waals surface area contributed by atoms with Gasteiger partial charge in [-0.15, -0.1) is 0 Å². The number of nitrogens with two attached hydrogens (primary N) is 1. The van der Waals surface area contributed by atoms with E-state index >= 15 is 0 Å². The number of aryl methyl sites for hydroxylation is 1. The van der Waals surface area contributed by atoms with E-state index in [0.717, 1.165) is 15.6 Å². The Morgan fingerprint density at radius 3 is 2.64 bits per heavy atom. The van der Waals surface area contributed by atoms with E-state index in [4.69, 9.17) is 11.1 Å². The topological polar surface area (TPSA) is 49.9 Å². The van der Waals surface area contributed by atoms with Crippen LogP contribution in [0.1, 0.15) is 11.1 Å². The SMILES string of the molecule is Cc1ccc(C(=N)N)cc1Br. The van der Waals surface area contributed by atoms with Gasteiger partial charge < -0.3 is 5.73 Å². The average Bonchev–Trinajstić information content (AvgIpc) is 1.94. The summed E-state index contributed by atoms with van der Waals surface area (Å²) < 4.78 is 0.991. The first-order valence-electron chi connectivity index (χ1n) is 3.22. The highest BCUT2D eigenvalue weighted by Crippen LogP contribution is 2.16. The van der Waals surface area contributed by atoms with Crippen molar-refractivity contribution in [1.29, 1.82) is 5.41 Å². The van der Waals surface area contributed by atoms with Crippen LogP contribution in [0.4, 0.5) is 0 Å². The molecule has 0 fully saturated rings. The number of amidine groups is 1. The van der Waals surface area contributed by atoms with Crippen LogP contribution in [0.25, 0.3) is 0 Å². The zero-order valence-corrected chi connectivity index (χ0v) is 7.77. The quantitative estimate of drug-likeness (QED) is 0.544. The van der Waals surface area contributed by atoms with Crippen molar-refractivity contribution in [3.8, 4) is 0 Å². The maximum absolute atomic E-state index is 7.16. The van der Waals surface area contributed by atoms with Crippen molar-refractivity contribution in [3.63, 3.8) is 0 Å². The maximum Gasteiger partial charge on any atom is 0.122 e. The molecule has 1 aromatic carbocycles. The molecule has 0 spiro atoms. The molecule has 0 aliphatic heterocycles. The van der Waals surface area contributed by atoms with Gasteiger partial charge in [-0.1, -0.05) is 28.1 Å². The highest BCUT2D eigenvalue weighted by atomic mass is 79.9. The lowest BCUT2D eigenvalue weighted by Gasteiger charge is -2.00. The molecule has 0 radical (unpaired) electrons. The molecule has 11 heavy (non-hydrogen) atoms. The van der Waals surface area contributed by atoms with E-state index < -0.39 is 0 Å². The molecule has 0 aromatic heterocycles. The molecule has 0 heterocycles. The Bertz CT molecular complexity index is 294. The minimum absolute atomic E-state index is 0.103. The van der Waals surface area contributed by atoms with Gasteiger partial charge in [-0.2, -0.15) is 0 Å². The van der Waals surface area contributed by atoms with E-state index in [1.165, 1.54) is 0 Å². The van der Waals surface area contributed by atoms with Crippen molar-refractivity contribution in [2.75, 3.05) is 0 Å². The van der Waals surface area contributed by atoms with Crippen LogP contribution in [0.15, 0.2) is 22.7 Å². The standard InChI is InChI=1S/C8H9BrN2/c1-5-2-3-6(8(10)11)4-7(5)9/h2-4H,1H3,(H3,10,11). The number of hydrogen-bond donors (Lipinski definition) is 2. The summed E-state index contributed by atoms with van der Waals surface area (Å²) in [6, 6.07) is 5.61. The van der Waals surface area contributed by atoms with E-state index in [1.54, 1.807) is 0 Å². The van der Waals surface area contributed by atoms with Gasteiger partial charge in [0.1, 0.15) is 5.84 Å². The summed E-state index contributed by atoms with van der Waals surface area (Å²) in [5.41, 5.74) is 7.20. The summed E-state index contributed by atoms with van der Waals surface area (Å²) in [6.45, 7) is 1.99. The highest BCUT2D eigenvalue weighted by Gasteiger charge is 1.98. The zero-order chi connectivity index (χ0) is 8.43. The van der Waals surface area contributed by atoms with Gasteiger partial charge in [-0.25, -0.2) is 0 Å². The number of nitrogens with one attached hydrogen (secondary N) is 1. The summed E-state index contributed by atoms with van der Waals surface area (Å²) >= 11 is 3.36. The second kappa shape index (κ2) is 3.05. The molecule has 2 nitrogen and oxygen atoms in total. The molecule has 0 amide bonds. The van der Waals surface area contributed by atoms with Gasteiger partial charge in [-0.05, 0) is 18.6 Å². The van der Waals surface area contributed by atoms with Gasteiger partial charge in [0.15, 0.2) is 0 Å². The molecule has 0 saturated heterocycles. The molecular weight excluding hydrogens is 204 g/mol. The van der Waals surface area contributed by atoms with E-state index in [2.05, 4.69) is 15.9 Å². The lowest BCUT2D eigenvalue weighted by atomic mass is 10.1. The third-order valence-corrected chi connectivity index (χ3v) is 2.34. The van der Waals surface area contributed by atoms with Crippen LogP contribution in [0.2, 0.25) is 0 Å². The molecule has 0 aliphatic rings. The minimum Gasteiger partial charge on any atom is -0.384 e. The van der Waals surface area contributed by atoms with E-state index in [-0.39, 0.29) is 5.84 Å². The number of hydrogen-bond acceptors (Lipinski definition) is 1. The second-order valence-corrected chi connectivity index (χ2v) is 3.23. The van der Waals surface area contributed by atoms with Crippen molar-refractivity contribution in [3.05, 3.63) is 33.8 Å². The highest BCUT2D eigenvalue weighted by molar-refractivity contribution is 9.10. The van der Waals surface area contributed by atoms with E-state index in [0.29, 0.717) is 0 Å². The summed E-state index contributed by atoms with van der Waals surface area (Å²) in [5.74, 6) is 0.103. The van der Waals surface area contributed by atoms with Crippen molar-refractivity contribution >= 4 is 21.8 Å². The average molecular weight is 213 g/mol. The maximum atomic E-state index is 7.16. The summed E-state index contributed by atoms with van der Waals surface area (Å²) in [7, 11) is 0. The smallest absolute Gasteiger partial charge is 0.122 e. The Morgan fingerprint density at radius 2 is 2.18 bits per heavy atom. The van der Waals surface area contributed by atoms with Crippen LogP contribution in [0.3, 0.4) is 0 Å². The third kappa shape index (κ3) is 1.80. The normalized spacial score (nSPS) is 9.64. The molecule has 0 unspecified atom stereocenters. The van der Waals surface area contributed by atoms with Crippen LogP contribution >= 0.6 is 15.9 Å². The Hall–Kier alpha value is -0.830. The fourth-order valence-corrected chi connectivity index (χ4v) is 1.14. The molecule has 1 aromatic rings. The number of halogens is 1. The largest absolute Gasteiger partial charge is 0.384 e. The summed E-state index contributed by atoms with van der Waals surface area (Å²) in [5, 5.41) is 7.16. The molecular formula is C8H9BrN2. The third-order valence-electron chi connectivity index (χ3n) is 1.48. The monoisotopic (exact) mass is 212 g/mol. The van der Waals surface area contributed by atoms with Gasteiger partial charge in [-0.3, -0.25) is 5.41 Å². The Kier molecular flexibility index (Phi) is 2.29. The first-order chi connectivity index (χ1) is 5.11. The van der Waals surface area contributed by atoms with Gasteiger partial charge in [0, 0.05) is 10.0 Å². The summed E-state index contributed by atoms with van der Waals surface area (Å²) in [6.07, 6.45) is 0. The van der Waals surface area contributed by atoms with Crippen LogP contribution in [0, 0.1) is 12.3 Å². The predicted molar refractivity (Wildman–Crippen MR) is 49.9 cm³/mol. The fraction of sp³-hybridized carbons (Fsp3) is 0.125. The Labute approximate surface area is 74.1 Å². The molecule has 0 bridgehead atoms. The van der Waals surface area contributed by atoms with Crippen LogP contribution in [-0.4, -0.2) is 5.84 Å². The first kappa shape index (κ1) is 8.27. The van der Waals surface area contributed by atoms with Gasteiger partial charge in [0.05, 0.1) is 0 Å². The fourth-order valence-electron chi connectivity index (χ4n) is 0.760. The summed E-state index contributed by atoms with van der Waals surface area (Å²) in [4.78, 5) is 0. The molecule has 0 saturated carbocycles. The number of benzene rings is 1. The molecule has 0 atom stereocenters. The lowest BCUT2D eigenvalue weighted by molar-refractivity contribution is 1.38. The molecule has 3 N–H and O–H groups in total. The molecule has 1 rings (SSSR count). The van der Waals surface area contributed by atoms with Crippen LogP contribution < -0.4 is 5.73 Å². The van der Waals surface area contributed by atoms with Crippen molar-refractivity contribution in [2.45, 2.75) is 6.92 Å². The zero-order valence-electron chi connectivity index (χ0n) is 6.19. The van der Waals surface area contributed by atoms with E-state index in [1.807, 2.05) is 25.1 Å². The number of nitrogen functional groups attached to an aromatic ring is 1. The van der Waals surface area contributed by atoms with Gasteiger partial charge in [0.25, 0.3) is 0 Å². The van der Waals surface area contributed by atoms with Crippen LogP contribution in [0.5, 0.6) is 0 Å². The second-order valence-electron chi connectivity index (χ2n) is 2.38. The van der Waals surface area contributed by atoms with Crippen molar-refractivity contribution in [2.24, 2.45) is 5.73 Å². The Balaban J connectivity index is 3.15. The number of rotatable bonds is 1. The predicted octanol–water partition coefficient (Wildman–Crippen LogP) is 2.04. The lowest BCUT2D eigenvalue weighted by Crippen LogP contribution is -2.10. The van der Waals surface area contributed by atoms with Crippen LogP contribution in [-0.2, 0) is 0 Å². The van der Waals surface area contributed by atoms with Crippen molar-refractivity contribution < 1.29 is 0 Å². The molecule has 58 valence electrons. The van der Waals surface area contributed by atoms with E-state index in [9.17, 15) is 0 Å².